The molecule has 3 N–H and O–H groups in total. The van der Waals surface area contributed by atoms with Crippen LogP contribution in [0.3, 0.4) is 0 Å². The largest absolute Gasteiger partial charge is 2.00 e. The molecule has 0 aliphatic rings. The van der Waals surface area contributed by atoms with E-state index in [2.05, 4.69) is 5.73 Å². The first-order valence-electron chi connectivity index (χ1n) is 1.19. The standard InChI is InChI=1S/C2H5NO2.Ca.ClH.2H/c3-1-2(4)5;;;;/h1,3H2,(H,4,5);;1H;;/q;+2;;2*-1. The number of carboxylic acids is 1. The summed E-state index contributed by atoms with van der Waals surface area (Å²) in [5.41, 5.74) is 4.57. The van der Waals surface area contributed by atoms with Gasteiger partial charge in [0, 0.05) is 0 Å². The van der Waals surface area contributed by atoms with Gasteiger partial charge in [-0.1, -0.05) is 0 Å². The van der Waals surface area contributed by atoms with Gasteiger partial charge >= 0.3 is 43.7 Å². The Hall–Kier alpha value is 0.980. The van der Waals surface area contributed by atoms with E-state index in [0.29, 0.717) is 0 Å². The molecule has 3 nitrogen and oxygen atoms in total. The third kappa shape index (κ3) is 19.5. The Morgan fingerprint density at radius 3 is 2.00 bits per heavy atom. The zero-order chi connectivity index (χ0) is 4.28. The minimum Gasteiger partial charge on any atom is -1.00 e. The van der Waals surface area contributed by atoms with Crippen molar-refractivity contribution in [2.75, 3.05) is 6.54 Å². The van der Waals surface area contributed by atoms with Crippen LogP contribution in [0.5, 0.6) is 0 Å². The van der Waals surface area contributed by atoms with Crippen molar-refractivity contribution in [1.82, 2.24) is 0 Å². The third-order valence-corrected chi connectivity index (χ3v) is 0.175. The molecular formula is C2H8CaClNO2. The van der Waals surface area contributed by atoms with Gasteiger partial charge in [-0.25, -0.2) is 0 Å². The molecule has 0 aliphatic heterocycles. The van der Waals surface area contributed by atoms with Crippen molar-refractivity contribution in [3.63, 3.8) is 0 Å². The summed E-state index contributed by atoms with van der Waals surface area (Å²) in [6.45, 7) is -0.278. The van der Waals surface area contributed by atoms with Crippen molar-refractivity contribution in [2.45, 2.75) is 0 Å². The van der Waals surface area contributed by atoms with Crippen LogP contribution in [-0.4, -0.2) is 55.4 Å². The van der Waals surface area contributed by atoms with Crippen LogP contribution < -0.4 is 5.73 Å². The number of rotatable bonds is 1. The van der Waals surface area contributed by atoms with Crippen molar-refractivity contribution in [1.29, 1.82) is 0 Å². The Morgan fingerprint density at radius 2 is 2.00 bits per heavy atom. The summed E-state index contributed by atoms with van der Waals surface area (Å²) in [4.78, 5) is 9.24. The second kappa shape index (κ2) is 10.1. The number of aliphatic carboxylic acids is 1. The topological polar surface area (TPSA) is 63.3 Å². The van der Waals surface area contributed by atoms with Crippen molar-refractivity contribution >= 4 is 56.1 Å². The minimum absolute atomic E-state index is 0. The average Bonchev–Trinajstić information content (AvgIpc) is 1.38. The normalized spacial score (nSPS) is 5.29. The molecule has 0 rings (SSSR count). The summed E-state index contributed by atoms with van der Waals surface area (Å²) in [6, 6.07) is 0. The molecule has 0 aromatic heterocycles. The number of halogens is 1. The summed E-state index contributed by atoms with van der Waals surface area (Å²) >= 11 is 0. The van der Waals surface area contributed by atoms with E-state index in [9.17, 15) is 4.79 Å². The molecule has 5 heteroatoms. The predicted octanol–water partition coefficient (Wildman–Crippen LogP) is -0.704. The van der Waals surface area contributed by atoms with Gasteiger partial charge in [0.1, 0.15) is 0 Å². The van der Waals surface area contributed by atoms with Crippen LogP contribution in [0, 0.1) is 0 Å². The van der Waals surface area contributed by atoms with Gasteiger partial charge in [-0.05, 0) is 0 Å². The zero-order valence-corrected chi connectivity index (χ0v) is 6.78. The molecule has 42 valence electrons. The van der Waals surface area contributed by atoms with E-state index in [1.54, 1.807) is 0 Å². The monoisotopic (exact) mass is 153 g/mol. The Labute approximate surface area is 80.6 Å². The summed E-state index contributed by atoms with van der Waals surface area (Å²) in [6.07, 6.45) is 0. The average molecular weight is 154 g/mol. The summed E-state index contributed by atoms with van der Waals surface area (Å²) in [7, 11) is 0. The molecule has 0 aromatic rings. The van der Waals surface area contributed by atoms with Crippen LogP contribution in [0.2, 0.25) is 0 Å². The zero-order valence-electron chi connectivity index (χ0n) is 5.76. The Bertz CT molecular complexity index is 57.8. The van der Waals surface area contributed by atoms with Gasteiger partial charge in [0.2, 0.25) is 0 Å². The van der Waals surface area contributed by atoms with Crippen LogP contribution in [-0.2, 0) is 4.79 Å². The quantitative estimate of drug-likeness (QED) is 0.490. The van der Waals surface area contributed by atoms with Gasteiger partial charge in [0.05, 0.1) is 6.54 Å². The molecule has 0 bridgehead atoms. The molecule has 0 saturated carbocycles. The van der Waals surface area contributed by atoms with Crippen molar-refractivity contribution in [3.05, 3.63) is 0 Å². The molecule has 0 saturated heterocycles. The van der Waals surface area contributed by atoms with E-state index < -0.39 is 5.97 Å². The molecule has 0 fully saturated rings. The van der Waals surface area contributed by atoms with E-state index >= 15 is 0 Å². The summed E-state index contributed by atoms with van der Waals surface area (Å²) in [5, 5.41) is 7.60. The Kier molecular flexibility index (Phi) is 22.5. The number of hydrogen-bond acceptors (Lipinski definition) is 2. The maximum absolute atomic E-state index is 9.24. The van der Waals surface area contributed by atoms with Crippen LogP contribution in [0.25, 0.3) is 0 Å². The Balaban J connectivity index is -0.0000000133. The molecule has 0 aromatic carbocycles. The van der Waals surface area contributed by atoms with E-state index in [1.165, 1.54) is 0 Å². The number of nitrogens with two attached hydrogens (primary N) is 1. The van der Waals surface area contributed by atoms with Gasteiger partial charge in [-0.2, -0.15) is 0 Å². The predicted molar refractivity (Wildman–Crippen MR) is 31.9 cm³/mol. The molecule has 0 heterocycles. The van der Waals surface area contributed by atoms with E-state index in [-0.39, 0.29) is 59.5 Å². The third-order valence-electron chi connectivity index (χ3n) is 0.175. The maximum Gasteiger partial charge on any atom is 2.00 e. The molecule has 7 heavy (non-hydrogen) atoms. The summed E-state index contributed by atoms with van der Waals surface area (Å²) < 4.78 is 0. The first kappa shape index (κ1) is 15.7. The minimum atomic E-state index is -0.968. The first-order chi connectivity index (χ1) is 2.27. The molecule has 0 amide bonds. The van der Waals surface area contributed by atoms with Gasteiger partial charge in [-0.3, -0.25) is 4.79 Å². The fraction of sp³-hybridized carbons (Fsp3) is 0.500. The Morgan fingerprint density at radius 1 is 1.86 bits per heavy atom. The van der Waals surface area contributed by atoms with Crippen molar-refractivity contribution in [3.8, 4) is 0 Å². The van der Waals surface area contributed by atoms with Crippen LogP contribution >= 0.6 is 12.4 Å². The molecule has 0 aliphatic carbocycles. The van der Waals surface area contributed by atoms with Crippen molar-refractivity contribution in [2.24, 2.45) is 5.73 Å². The second-order valence-corrected chi connectivity index (χ2v) is 0.598. The number of carbonyl (C=O) groups is 1. The fourth-order valence-electron chi connectivity index (χ4n) is 0. The molecular weight excluding hydrogens is 146 g/mol. The van der Waals surface area contributed by atoms with Crippen molar-refractivity contribution < 1.29 is 12.8 Å². The van der Waals surface area contributed by atoms with Gasteiger partial charge in [0.25, 0.3) is 0 Å². The van der Waals surface area contributed by atoms with Gasteiger partial charge in [-0.15, -0.1) is 12.4 Å². The van der Waals surface area contributed by atoms with Crippen LogP contribution in [0.1, 0.15) is 2.85 Å². The van der Waals surface area contributed by atoms with Crippen LogP contribution in [0.4, 0.5) is 0 Å². The maximum atomic E-state index is 9.24. The number of carboxylic acid groups (broad SMARTS) is 1. The van der Waals surface area contributed by atoms with Gasteiger partial charge in [0.15, 0.2) is 0 Å². The van der Waals surface area contributed by atoms with Gasteiger partial charge < -0.3 is 13.7 Å². The molecule has 0 atom stereocenters. The molecule has 0 radical (unpaired) electrons. The van der Waals surface area contributed by atoms with E-state index in [4.69, 9.17) is 5.11 Å². The van der Waals surface area contributed by atoms with E-state index in [1.807, 2.05) is 0 Å². The molecule has 0 spiro atoms. The summed E-state index contributed by atoms with van der Waals surface area (Å²) in [5.74, 6) is -0.968. The SMILES string of the molecule is Cl.NCC(=O)O.[Ca+2].[H-].[H-]. The smallest absolute Gasteiger partial charge is 1.00 e. The second-order valence-electron chi connectivity index (χ2n) is 0.598. The first-order valence-corrected chi connectivity index (χ1v) is 1.19. The van der Waals surface area contributed by atoms with Crippen LogP contribution in [0.15, 0.2) is 0 Å². The fourth-order valence-corrected chi connectivity index (χ4v) is 0. The number of hydrogen-bond donors (Lipinski definition) is 2. The molecule has 0 unspecified atom stereocenters. The van der Waals surface area contributed by atoms with E-state index in [0.717, 1.165) is 0 Å².